The fraction of sp³-hybridized carbons (Fsp3) is 0.833. The monoisotopic (exact) mass is 250 g/mol. The molecular weight excluding hydrogens is 224 g/mol. The zero-order valence-electron chi connectivity index (χ0n) is 11.6. The van der Waals surface area contributed by atoms with E-state index in [1.54, 1.807) is 0 Å². The van der Waals surface area contributed by atoms with Gasteiger partial charge >= 0.3 is 5.97 Å². The van der Waals surface area contributed by atoms with Crippen LogP contribution in [0.15, 0.2) is 0 Å². The van der Waals surface area contributed by atoms with Crippen molar-refractivity contribution in [3.63, 3.8) is 0 Å². The van der Waals surface area contributed by atoms with Gasteiger partial charge in [-0.1, -0.05) is 13.3 Å². The summed E-state index contributed by atoms with van der Waals surface area (Å²) in [5.41, 5.74) is 0. The van der Waals surface area contributed by atoms with Crippen LogP contribution in [0.5, 0.6) is 0 Å². The van der Waals surface area contributed by atoms with Gasteiger partial charge in [0.1, 0.15) is 0 Å². The zero-order valence-corrected chi connectivity index (χ0v) is 11.6. The minimum Gasteiger partial charge on any atom is -0.481 e. The third-order valence-corrected chi connectivity index (χ3v) is 1.21. The maximum absolute atomic E-state index is 10.1. The number of carboxylic acids is 1. The number of ether oxygens (including phenoxy) is 2. The fourth-order valence-corrected chi connectivity index (χ4v) is 0.564. The number of aliphatic carboxylic acids is 1. The summed E-state index contributed by atoms with van der Waals surface area (Å²) in [6.07, 6.45) is 2.05. The second-order valence-corrected chi connectivity index (χ2v) is 2.99. The van der Waals surface area contributed by atoms with Crippen LogP contribution in [-0.4, -0.2) is 36.9 Å². The summed E-state index contributed by atoms with van der Waals surface area (Å²) in [7, 11) is 0. The molecule has 0 spiro atoms. The first kappa shape index (κ1) is 21.2. The molecule has 0 saturated heterocycles. The van der Waals surface area contributed by atoms with Crippen LogP contribution in [0, 0.1) is 0 Å². The van der Waals surface area contributed by atoms with Gasteiger partial charge in [0.25, 0.3) is 5.97 Å². The zero-order chi connectivity index (χ0) is 14.1. The molecule has 0 unspecified atom stereocenters. The van der Waals surface area contributed by atoms with Crippen molar-refractivity contribution in [2.24, 2.45) is 0 Å². The maximum Gasteiger partial charge on any atom is 0.302 e. The van der Waals surface area contributed by atoms with Crippen LogP contribution in [0.1, 0.15) is 47.5 Å². The van der Waals surface area contributed by atoms with Crippen LogP contribution in [0.4, 0.5) is 0 Å². The number of carboxylic acid groups (broad SMARTS) is 1. The molecule has 0 aromatic carbocycles. The molecule has 1 N–H and O–H groups in total. The summed E-state index contributed by atoms with van der Waals surface area (Å²) in [5.74, 6) is -1.02. The molecule has 0 aromatic rings. The normalized spacial score (nSPS) is 8.06. The molecule has 0 atom stereocenters. The molecule has 0 aromatic heterocycles. The lowest BCUT2D eigenvalue weighted by atomic mass is 10.4. The highest BCUT2D eigenvalue weighted by Gasteiger charge is 1.88. The Hall–Kier alpha value is -1.10. The van der Waals surface area contributed by atoms with Crippen molar-refractivity contribution in [3.05, 3.63) is 0 Å². The molecule has 0 saturated carbocycles. The highest BCUT2D eigenvalue weighted by molar-refractivity contribution is 5.65. The number of carbonyl (C=O) groups excluding carboxylic acids is 1. The Labute approximate surface area is 104 Å². The van der Waals surface area contributed by atoms with E-state index in [1.165, 1.54) is 6.92 Å². The quantitative estimate of drug-likeness (QED) is 0.599. The summed E-state index contributed by atoms with van der Waals surface area (Å²) in [5, 5.41) is 7.42. The number of hydrogen-bond acceptors (Lipinski definition) is 4. The van der Waals surface area contributed by atoms with Gasteiger partial charge < -0.3 is 14.6 Å². The molecule has 0 heterocycles. The lowest BCUT2D eigenvalue weighted by Crippen LogP contribution is -1.99. The van der Waals surface area contributed by atoms with Gasteiger partial charge in [-0.25, -0.2) is 0 Å². The molecule has 0 rings (SSSR count). The van der Waals surface area contributed by atoms with Crippen molar-refractivity contribution < 1.29 is 24.2 Å². The van der Waals surface area contributed by atoms with Crippen molar-refractivity contribution in [3.8, 4) is 0 Å². The minimum atomic E-state index is -0.833. The van der Waals surface area contributed by atoms with E-state index in [2.05, 4.69) is 11.7 Å². The lowest BCUT2D eigenvalue weighted by Gasteiger charge is -1.96. The van der Waals surface area contributed by atoms with Gasteiger partial charge in [-0.05, 0) is 20.3 Å². The first-order chi connectivity index (χ1) is 7.92. The number of hydrogen-bond donors (Lipinski definition) is 1. The van der Waals surface area contributed by atoms with E-state index in [1.807, 2.05) is 13.8 Å². The third-order valence-electron chi connectivity index (χ3n) is 1.21. The number of rotatable bonds is 5. The predicted octanol–water partition coefficient (Wildman–Crippen LogP) is 2.48. The second kappa shape index (κ2) is 20.3. The predicted molar refractivity (Wildman–Crippen MR) is 67.0 cm³/mol. The SMILES string of the molecule is CC(=O)O.CCCCOC(C)=O.CCOCC. The maximum atomic E-state index is 10.1. The van der Waals surface area contributed by atoms with Crippen LogP contribution in [0.25, 0.3) is 0 Å². The average molecular weight is 250 g/mol. The summed E-state index contributed by atoms with van der Waals surface area (Å²) < 4.78 is 9.48. The highest BCUT2D eigenvalue weighted by atomic mass is 16.5. The van der Waals surface area contributed by atoms with E-state index in [-0.39, 0.29) is 5.97 Å². The molecule has 0 radical (unpaired) electrons. The molecule has 0 bridgehead atoms. The van der Waals surface area contributed by atoms with Crippen LogP contribution < -0.4 is 0 Å². The first-order valence-electron chi connectivity index (χ1n) is 5.82. The summed E-state index contributed by atoms with van der Waals surface area (Å²) in [4.78, 5) is 19.1. The Balaban J connectivity index is -0.000000188. The highest BCUT2D eigenvalue weighted by Crippen LogP contribution is 1.86. The molecular formula is C12H26O5. The Morgan fingerprint density at radius 2 is 1.47 bits per heavy atom. The summed E-state index contributed by atoms with van der Waals surface area (Å²) >= 11 is 0. The fourth-order valence-electron chi connectivity index (χ4n) is 0.564. The van der Waals surface area contributed by atoms with Crippen molar-refractivity contribution >= 4 is 11.9 Å². The van der Waals surface area contributed by atoms with E-state index in [4.69, 9.17) is 14.6 Å². The van der Waals surface area contributed by atoms with Crippen LogP contribution in [-0.2, 0) is 19.1 Å². The average Bonchev–Trinajstić information content (AvgIpc) is 2.19. The molecule has 5 nitrogen and oxygen atoms in total. The molecule has 5 heteroatoms. The van der Waals surface area contributed by atoms with E-state index < -0.39 is 5.97 Å². The Morgan fingerprint density at radius 1 is 1.06 bits per heavy atom. The summed E-state index contributed by atoms with van der Waals surface area (Å²) in [6, 6.07) is 0. The largest absolute Gasteiger partial charge is 0.481 e. The van der Waals surface area contributed by atoms with Gasteiger partial charge in [0.05, 0.1) is 6.61 Å². The van der Waals surface area contributed by atoms with Gasteiger partial charge in [-0.3, -0.25) is 9.59 Å². The lowest BCUT2D eigenvalue weighted by molar-refractivity contribution is -0.141. The Bertz CT molecular complexity index is 162. The smallest absolute Gasteiger partial charge is 0.302 e. The van der Waals surface area contributed by atoms with Crippen molar-refractivity contribution in [1.29, 1.82) is 0 Å². The number of carbonyl (C=O) groups is 2. The molecule has 17 heavy (non-hydrogen) atoms. The number of unbranched alkanes of at least 4 members (excludes halogenated alkanes) is 1. The van der Waals surface area contributed by atoms with E-state index in [0.717, 1.165) is 33.0 Å². The van der Waals surface area contributed by atoms with E-state index in [9.17, 15) is 4.79 Å². The first-order valence-corrected chi connectivity index (χ1v) is 5.82. The topological polar surface area (TPSA) is 72.8 Å². The molecule has 0 fully saturated rings. The second-order valence-electron chi connectivity index (χ2n) is 2.99. The summed E-state index contributed by atoms with van der Waals surface area (Å²) in [6.45, 7) is 10.8. The Morgan fingerprint density at radius 3 is 1.65 bits per heavy atom. The van der Waals surface area contributed by atoms with Crippen LogP contribution >= 0.6 is 0 Å². The molecule has 0 aliphatic heterocycles. The molecule has 0 aliphatic carbocycles. The third kappa shape index (κ3) is 71.2. The van der Waals surface area contributed by atoms with Crippen molar-refractivity contribution in [2.45, 2.75) is 47.5 Å². The van der Waals surface area contributed by atoms with Gasteiger partial charge in [-0.15, -0.1) is 0 Å². The van der Waals surface area contributed by atoms with Gasteiger partial charge in [0.15, 0.2) is 0 Å². The molecule has 0 amide bonds. The number of esters is 1. The van der Waals surface area contributed by atoms with Gasteiger partial charge in [0.2, 0.25) is 0 Å². The van der Waals surface area contributed by atoms with E-state index >= 15 is 0 Å². The van der Waals surface area contributed by atoms with E-state index in [0.29, 0.717) is 6.61 Å². The van der Waals surface area contributed by atoms with Crippen LogP contribution in [0.2, 0.25) is 0 Å². The Kier molecular flexibility index (Phi) is 25.4. The molecule has 0 aliphatic rings. The van der Waals surface area contributed by atoms with Gasteiger partial charge in [-0.2, -0.15) is 0 Å². The standard InChI is InChI=1S/C6H12O2.C4H10O.C2H4O2/c1-3-4-5-8-6(2)7;1-3-5-4-2;1-2(3)4/h3-5H2,1-2H3;3-4H2,1-2H3;1H3,(H,3,4). The van der Waals surface area contributed by atoms with Crippen LogP contribution in [0.3, 0.4) is 0 Å². The minimum absolute atomic E-state index is 0.182. The van der Waals surface area contributed by atoms with Gasteiger partial charge in [0, 0.05) is 27.1 Å². The van der Waals surface area contributed by atoms with Crippen molar-refractivity contribution in [2.75, 3.05) is 19.8 Å². The van der Waals surface area contributed by atoms with Crippen molar-refractivity contribution in [1.82, 2.24) is 0 Å². The molecule has 104 valence electrons.